The maximum absolute atomic E-state index is 12.8. The number of para-hydroxylation sites is 1. The molecule has 0 aliphatic rings. The molecular weight excluding hydrogens is 348 g/mol. The highest BCUT2D eigenvalue weighted by Crippen LogP contribution is 2.14. The molecule has 3 rings (SSSR count). The number of benzene rings is 2. The lowest BCUT2D eigenvalue weighted by Crippen LogP contribution is -2.36. The van der Waals surface area contributed by atoms with E-state index in [2.05, 4.69) is 11.2 Å². The lowest BCUT2D eigenvalue weighted by molar-refractivity contribution is -0.133. The molecule has 0 saturated carbocycles. The van der Waals surface area contributed by atoms with Gasteiger partial charge in [0.15, 0.2) is 0 Å². The van der Waals surface area contributed by atoms with E-state index in [1.54, 1.807) is 12.1 Å². The summed E-state index contributed by atoms with van der Waals surface area (Å²) in [6.45, 7) is 4.59. The van der Waals surface area contributed by atoms with Crippen LogP contribution in [0.5, 0.6) is 0 Å². The van der Waals surface area contributed by atoms with Crippen LogP contribution in [-0.4, -0.2) is 26.6 Å². The Kier molecular flexibility index (Phi) is 6.23. The van der Waals surface area contributed by atoms with Crippen LogP contribution in [0.4, 0.5) is 0 Å². The third-order valence-corrected chi connectivity index (χ3v) is 4.66. The van der Waals surface area contributed by atoms with Gasteiger partial charge in [-0.05, 0) is 55.7 Å². The van der Waals surface area contributed by atoms with Crippen LogP contribution in [0.3, 0.4) is 0 Å². The summed E-state index contributed by atoms with van der Waals surface area (Å²) in [6.07, 6.45) is 4.89. The number of carbonyl (C=O) groups is 1. The van der Waals surface area contributed by atoms with Crippen molar-refractivity contribution in [3.05, 3.63) is 83.7 Å². The Morgan fingerprint density at radius 1 is 1.11 bits per heavy atom. The third kappa shape index (κ3) is 4.86. The topological polar surface area (TPSA) is 61.9 Å². The van der Waals surface area contributed by atoms with Gasteiger partial charge < -0.3 is 4.90 Å². The molecule has 0 fully saturated rings. The first kappa shape index (κ1) is 19.4. The molecule has 0 atom stereocenters. The SMILES string of the molecule is CC(C)N(Cc1ccc(C#N)cc1)C(=O)CCc1cnn(-c2ccccc2)c1. The first-order valence-electron chi connectivity index (χ1n) is 9.44. The fourth-order valence-corrected chi connectivity index (χ4v) is 3.05. The molecule has 0 aliphatic heterocycles. The number of rotatable bonds is 7. The van der Waals surface area contributed by atoms with Crippen molar-refractivity contribution in [2.24, 2.45) is 0 Å². The van der Waals surface area contributed by atoms with Gasteiger partial charge in [0, 0.05) is 25.2 Å². The van der Waals surface area contributed by atoms with Crippen molar-refractivity contribution >= 4 is 5.91 Å². The molecule has 0 aliphatic carbocycles. The van der Waals surface area contributed by atoms with Crippen LogP contribution in [0, 0.1) is 11.3 Å². The van der Waals surface area contributed by atoms with E-state index in [4.69, 9.17) is 5.26 Å². The minimum Gasteiger partial charge on any atom is -0.336 e. The van der Waals surface area contributed by atoms with Gasteiger partial charge in [0.25, 0.3) is 0 Å². The van der Waals surface area contributed by atoms with Gasteiger partial charge in [0.1, 0.15) is 0 Å². The first-order chi connectivity index (χ1) is 13.6. The summed E-state index contributed by atoms with van der Waals surface area (Å²) >= 11 is 0. The van der Waals surface area contributed by atoms with E-state index in [9.17, 15) is 4.79 Å². The Hall–Kier alpha value is -3.39. The van der Waals surface area contributed by atoms with Crippen molar-refractivity contribution in [3.63, 3.8) is 0 Å². The largest absolute Gasteiger partial charge is 0.336 e. The fraction of sp³-hybridized carbons (Fsp3) is 0.261. The van der Waals surface area contributed by atoms with Crippen molar-refractivity contribution < 1.29 is 4.79 Å². The van der Waals surface area contributed by atoms with Crippen molar-refractivity contribution in [3.8, 4) is 11.8 Å². The molecule has 1 amide bonds. The second kappa shape index (κ2) is 9.01. The summed E-state index contributed by atoms with van der Waals surface area (Å²) in [5.74, 6) is 0.117. The summed E-state index contributed by atoms with van der Waals surface area (Å²) in [4.78, 5) is 14.7. The maximum Gasteiger partial charge on any atom is 0.223 e. The highest BCUT2D eigenvalue weighted by molar-refractivity contribution is 5.76. The second-order valence-electron chi connectivity index (χ2n) is 7.05. The van der Waals surface area contributed by atoms with Crippen LogP contribution in [0.2, 0.25) is 0 Å². The van der Waals surface area contributed by atoms with E-state index in [0.717, 1.165) is 16.8 Å². The van der Waals surface area contributed by atoms with Crippen LogP contribution >= 0.6 is 0 Å². The number of aryl methyl sites for hydroxylation is 1. The summed E-state index contributed by atoms with van der Waals surface area (Å²) < 4.78 is 1.83. The smallest absolute Gasteiger partial charge is 0.223 e. The minimum absolute atomic E-state index is 0.107. The zero-order chi connectivity index (χ0) is 19.9. The highest BCUT2D eigenvalue weighted by atomic mass is 16.2. The molecule has 0 N–H and O–H groups in total. The molecule has 0 spiro atoms. The number of hydrogen-bond donors (Lipinski definition) is 0. The van der Waals surface area contributed by atoms with Gasteiger partial charge in [-0.25, -0.2) is 4.68 Å². The summed E-state index contributed by atoms with van der Waals surface area (Å²) in [7, 11) is 0. The zero-order valence-corrected chi connectivity index (χ0v) is 16.2. The zero-order valence-electron chi connectivity index (χ0n) is 16.2. The van der Waals surface area contributed by atoms with Gasteiger partial charge in [-0.1, -0.05) is 30.3 Å². The van der Waals surface area contributed by atoms with E-state index in [-0.39, 0.29) is 11.9 Å². The van der Waals surface area contributed by atoms with Gasteiger partial charge in [-0.3, -0.25) is 4.79 Å². The van der Waals surface area contributed by atoms with Crippen LogP contribution in [-0.2, 0) is 17.8 Å². The quantitative estimate of drug-likeness (QED) is 0.627. The number of hydrogen-bond acceptors (Lipinski definition) is 3. The van der Waals surface area contributed by atoms with Gasteiger partial charge in [0.2, 0.25) is 5.91 Å². The van der Waals surface area contributed by atoms with Gasteiger partial charge in [0.05, 0.1) is 23.5 Å². The number of aromatic nitrogens is 2. The summed E-state index contributed by atoms with van der Waals surface area (Å²) in [5.41, 5.74) is 3.70. The van der Waals surface area contributed by atoms with E-state index < -0.39 is 0 Å². The molecule has 5 nitrogen and oxygen atoms in total. The van der Waals surface area contributed by atoms with Crippen molar-refractivity contribution in [1.82, 2.24) is 14.7 Å². The molecule has 142 valence electrons. The third-order valence-electron chi connectivity index (χ3n) is 4.66. The molecule has 0 radical (unpaired) electrons. The average Bonchev–Trinajstić information content (AvgIpc) is 3.20. The Labute approximate surface area is 165 Å². The molecule has 1 heterocycles. The van der Waals surface area contributed by atoms with E-state index in [1.807, 2.05) is 78.3 Å². The standard InChI is InChI=1S/C23H24N4O/c1-18(2)26(16-20-10-8-19(14-24)9-11-20)23(28)13-12-21-15-25-27(17-21)22-6-4-3-5-7-22/h3-11,15,17-18H,12-13,16H2,1-2H3. The maximum atomic E-state index is 12.8. The van der Waals surface area contributed by atoms with Gasteiger partial charge in [-0.2, -0.15) is 10.4 Å². The number of nitriles is 1. The van der Waals surface area contributed by atoms with Crippen molar-refractivity contribution in [2.45, 2.75) is 39.3 Å². The fourth-order valence-electron chi connectivity index (χ4n) is 3.05. The molecule has 5 heteroatoms. The lowest BCUT2D eigenvalue weighted by Gasteiger charge is -2.27. The number of nitrogens with zero attached hydrogens (tertiary/aromatic N) is 4. The number of carbonyl (C=O) groups excluding carboxylic acids is 1. The Morgan fingerprint density at radius 3 is 2.46 bits per heavy atom. The molecule has 28 heavy (non-hydrogen) atoms. The molecule has 2 aromatic carbocycles. The average molecular weight is 372 g/mol. The van der Waals surface area contributed by atoms with E-state index in [1.165, 1.54) is 0 Å². The Bertz CT molecular complexity index is 952. The van der Waals surface area contributed by atoms with Crippen LogP contribution < -0.4 is 0 Å². The van der Waals surface area contributed by atoms with Gasteiger partial charge >= 0.3 is 0 Å². The molecule has 0 bridgehead atoms. The molecule has 3 aromatic rings. The monoisotopic (exact) mass is 372 g/mol. The Balaban J connectivity index is 1.61. The normalized spacial score (nSPS) is 10.6. The number of amides is 1. The second-order valence-corrected chi connectivity index (χ2v) is 7.05. The van der Waals surface area contributed by atoms with Crippen LogP contribution in [0.25, 0.3) is 5.69 Å². The minimum atomic E-state index is 0.107. The van der Waals surface area contributed by atoms with Crippen molar-refractivity contribution in [1.29, 1.82) is 5.26 Å². The van der Waals surface area contributed by atoms with E-state index >= 15 is 0 Å². The summed E-state index contributed by atoms with van der Waals surface area (Å²) in [5, 5.41) is 13.3. The van der Waals surface area contributed by atoms with E-state index in [0.29, 0.717) is 24.9 Å². The van der Waals surface area contributed by atoms with Crippen LogP contribution in [0.1, 0.15) is 37.0 Å². The molecule has 0 saturated heterocycles. The highest BCUT2D eigenvalue weighted by Gasteiger charge is 2.17. The first-order valence-corrected chi connectivity index (χ1v) is 9.44. The molecular formula is C23H24N4O. The molecule has 0 unspecified atom stereocenters. The summed E-state index contributed by atoms with van der Waals surface area (Å²) in [6, 6.07) is 19.5. The van der Waals surface area contributed by atoms with Gasteiger partial charge in [-0.15, -0.1) is 0 Å². The lowest BCUT2D eigenvalue weighted by atomic mass is 10.1. The molecule has 1 aromatic heterocycles. The van der Waals surface area contributed by atoms with Crippen molar-refractivity contribution in [2.75, 3.05) is 0 Å². The Morgan fingerprint density at radius 2 is 1.82 bits per heavy atom. The predicted molar refractivity (Wildman–Crippen MR) is 109 cm³/mol. The van der Waals surface area contributed by atoms with Crippen LogP contribution in [0.15, 0.2) is 67.0 Å². The predicted octanol–water partition coefficient (Wildman–Crippen LogP) is 4.11.